The Balaban J connectivity index is 1.84. The third-order valence-electron chi connectivity index (χ3n) is 4.07. The fraction of sp³-hybridized carbons (Fsp3) is 0.556. The van der Waals surface area contributed by atoms with Gasteiger partial charge in [0.2, 0.25) is 5.91 Å². The van der Waals surface area contributed by atoms with Gasteiger partial charge in [0.1, 0.15) is 12.4 Å². The van der Waals surface area contributed by atoms with E-state index in [1.807, 2.05) is 0 Å². The Morgan fingerprint density at radius 3 is 2.72 bits per heavy atom. The summed E-state index contributed by atoms with van der Waals surface area (Å²) in [5.74, 6) is 0.795. The van der Waals surface area contributed by atoms with Crippen LogP contribution < -0.4 is 10.6 Å². The molecular formula is C18H27FN4O2. The molecule has 1 aliphatic rings. The first-order valence-corrected chi connectivity index (χ1v) is 8.59. The minimum Gasteiger partial charge on any atom is -0.381 e. The van der Waals surface area contributed by atoms with Crippen molar-refractivity contribution in [2.75, 3.05) is 46.9 Å². The number of nitrogens with zero attached hydrogens (tertiary/aromatic N) is 2. The van der Waals surface area contributed by atoms with Crippen molar-refractivity contribution in [2.45, 2.75) is 12.8 Å². The molecule has 25 heavy (non-hydrogen) atoms. The average molecular weight is 350 g/mol. The predicted octanol–water partition coefficient (Wildman–Crippen LogP) is 1.03. The van der Waals surface area contributed by atoms with Crippen LogP contribution in [0.4, 0.5) is 4.39 Å². The SMILES string of the molecule is CN(C)C(=O)CN=C(NCCc1ccc(F)cc1)NCC1CCOC1. The van der Waals surface area contributed by atoms with E-state index < -0.39 is 0 Å². The number of aliphatic imine (C=N–C) groups is 1. The van der Waals surface area contributed by atoms with Crippen molar-refractivity contribution < 1.29 is 13.9 Å². The monoisotopic (exact) mass is 350 g/mol. The molecule has 1 aliphatic heterocycles. The summed E-state index contributed by atoms with van der Waals surface area (Å²) in [6.45, 7) is 3.07. The number of nitrogens with one attached hydrogen (secondary N) is 2. The van der Waals surface area contributed by atoms with Gasteiger partial charge in [0.15, 0.2) is 5.96 Å². The normalized spacial score (nSPS) is 17.4. The maximum atomic E-state index is 12.9. The summed E-state index contributed by atoms with van der Waals surface area (Å²) in [6.07, 6.45) is 1.78. The molecule has 7 heteroatoms. The number of benzene rings is 1. The summed E-state index contributed by atoms with van der Waals surface area (Å²) in [5.41, 5.74) is 1.04. The van der Waals surface area contributed by atoms with Crippen LogP contribution in [0.25, 0.3) is 0 Å². The van der Waals surface area contributed by atoms with Crippen LogP contribution in [0.3, 0.4) is 0 Å². The van der Waals surface area contributed by atoms with Crippen molar-refractivity contribution in [3.8, 4) is 0 Å². The van der Waals surface area contributed by atoms with Gasteiger partial charge in [-0.2, -0.15) is 0 Å². The molecule has 6 nitrogen and oxygen atoms in total. The van der Waals surface area contributed by atoms with E-state index in [1.54, 1.807) is 26.2 Å². The number of rotatable bonds is 7. The van der Waals surface area contributed by atoms with Crippen LogP contribution in [0.15, 0.2) is 29.3 Å². The smallest absolute Gasteiger partial charge is 0.243 e. The molecule has 2 N–H and O–H groups in total. The van der Waals surface area contributed by atoms with Gasteiger partial charge >= 0.3 is 0 Å². The Labute approximate surface area is 148 Å². The molecule has 0 aliphatic carbocycles. The van der Waals surface area contributed by atoms with Crippen LogP contribution >= 0.6 is 0 Å². The van der Waals surface area contributed by atoms with Crippen LogP contribution in [0.1, 0.15) is 12.0 Å². The highest BCUT2D eigenvalue weighted by Gasteiger charge is 2.16. The number of carbonyl (C=O) groups is 1. The Bertz CT molecular complexity index is 569. The first kappa shape index (κ1) is 19.2. The van der Waals surface area contributed by atoms with Crippen molar-refractivity contribution in [2.24, 2.45) is 10.9 Å². The number of amides is 1. The molecule has 1 unspecified atom stereocenters. The Kier molecular flexibility index (Phi) is 7.66. The first-order valence-electron chi connectivity index (χ1n) is 8.59. The predicted molar refractivity (Wildman–Crippen MR) is 96.0 cm³/mol. The molecule has 1 heterocycles. The molecule has 1 amide bonds. The molecule has 138 valence electrons. The quantitative estimate of drug-likeness (QED) is 0.569. The molecule has 1 aromatic rings. The second-order valence-corrected chi connectivity index (χ2v) is 6.37. The van der Waals surface area contributed by atoms with Crippen molar-refractivity contribution in [3.63, 3.8) is 0 Å². The van der Waals surface area contributed by atoms with E-state index in [4.69, 9.17) is 4.74 Å². The largest absolute Gasteiger partial charge is 0.381 e. The molecule has 0 spiro atoms. The van der Waals surface area contributed by atoms with Gasteiger partial charge in [-0.15, -0.1) is 0 Å². The zero-order valence-electron chi connectivity index (χ0n) is 14.9. The number of halogens is 1. The molecule has 1 saturated heterocycles. The maximum absolute atomic E-state index is 12.9. The molecule has 1 atom stereocenters. The minimum atomic E-state index is -0.235. The zero-order chi connectivity index (χ0) is 18.1. The van der Waals surface area contributed by atoms with E-state index in [0.717, 1.165) is 38.2 Å². The highest BCUT2D eigenvalue weighted by molar-refractivity contribution is 5.84. The topological polar surface area (TPSA) is 66.0 Å². The lowest BCUT2D eigenvalue weighted by molar-refractivity contribution is -0.127. The molecule has 1 aromatic carbocycles. The minimum absolute atomic E-state index is 0.0520. The standard InChI is InChI=1S/C18H27FN4O2/c1-23(2)17(24)12-22-18(21-11-15-8-10-25-13-15)20-9-7-14-3-5-16(19)6-4-14/h3-6,15H,7-13H2,1-2H3,(H2,20,21,22). The number of guanidine groups is 1. The Hall–Kier alpha value is -2.15. The number of hydrogen-bond acceptors (Lipinski definition) is 3. The van der Waals surface area contributed by atoms with Crippen molar-refractivity contribution >= 4 is 11.9 Å². The molecule has 2 rings (SSSR count). The average Bonchev–Trinajstić information content (AvgIpc) is 3.11. The maximum Gasteiger partial charge on any atom is 0.243 e. The van der Waals surface area contributed by atoms with Crippen molar-refractivity contribution in [1.29, 1.82) is 0 Å². The molecule has 0 saturated carbocycles. The van der Waals surface area contributed by atoms with Gasteiger partial charge < -0.3 is 20.3 Å². The van der Waals surface area contributed by atoms with Crippen LogP contribution in [0.5, 0.6) is 0 Å². The lowest BCUT2D eigenvalue weighted by Gasteiger charge is -2.16. The highest BCUT2D eigenvalue weighted by atomic mass is 19.1. The second kappa shape index (κ2) is 9.98. The zero-order valence-corrected chi connectivity index (χ0v) is 14.9. The van der Waals surface area contributed by atoms with Crippen LogP contribution in [0, 0.1) is 11.7 Å². The molecule has 0 bridgehead atoms. The summed E-state index contributed by atoms with van der Waals surface area (Å²) >= 11 is 0. The Morgan fingerprint density at radius 1 is 1.32 bits per heavy atom. The van der Waals surface area contributed by atoms with E-state index in [1.165, 1.54) is 17.0 Å². The first-order chi connectivity index (χ1) is 12.0. The number of ether oxygens (including phenoxy) is 1. The van der Waals surface area contributed by atoms with E-state index in [0.29, 0.717) is 18.4 Å². The second-order valence-electron chi connectivity index (χ2n) is 6.37. The fourth-order valence-corrected chi connectivity index (χ4v) is 2.42. The summed E-state index contributed by atoms with van der Waals surface area (Å²) in [6, 6.07) is 6.45. The summed E-state index contributed by atoms with van der Waals surface area (Å²) < 4.78 is 18.3. The number of carbonyl (C=O) groups excluding carboxylic acids is 1. The van der Waals surface area contributed by atoms with Crippen LogP contribution in [0.2, 0.25) is 0 Å². The molecule has 1 fully saturated rings. The van der Waals surface area contributed by atoms with Gasteiger partial charge in [0.25, 0.3) is 0 Å². The molecule has 0 radical (unpaired) electrons. The van der Waals surface area contributed by atoms with Crippen LogP contribution in [-0.4, -0.2) is 63.7 Å². The third kappa shape index (κ3) is 7.09. The van der Waals surface area contributed by atoms with Crippen LogP contribution in [-0.2, 0) is 16.0 Å². The van der Waals surface area contributed by atoms with E-state index in [9.17, 15) is 9.18 Å². The summed E-state index contributed by atoms with van der Waals surface area (Å²) in [5, 5.41) is 6.51. The summed E-state index contributed by atoms with van der Waals surface area (Å²) in [4.78, 5) is 17.6. The lowest BCUT2D eigenvalue weighted by atomic mass is 10.1. The van der Waals surface area contributed by atoms with Gasteiger partial charge in [-0.3, -0.25) is 4.79 Å². The third-order valence-corrected chi connectivity index (χ3v) is 4.07. The summed E-state index contributed by atoms with van der Waals surface area (Å²) in [7, 11) is 3.42. The number of likely N-dealkylation sites (N-methyl/N-ethyl adjacent to an activating group) is 1. The lowest BCUT2D eigenvalue weighted by Crippen LogP contribution is -2.41. The fourth-order valence-electron chi connectivity index (χ4n) is 2.42. The highest BCUT2D eigenvalue weighted by Crippen LogP contribution is 2.10. The van der Waals surface area contributed by atoms with Gasteiger partial charge in [-0.05, 0) is 30.5 Å². The number of hydrogen-bond donors (Lipinski definition) is 2. The van der Waals surface area contributed by atoms with E-state index in [2.05, 4.69) is 15.6 Å². The van der Waals surface area contributed by atoms with E-state index >= 15 is 0 Å². The van der Waals surface area contributed by atoms with Gasteiger partial charge in [0, 0.05) is 39.7 Å². The molecule has 0 aromatic heterocycles. The van der Waals surface area contributed by atoms with Crippen molar-refractivity contribution in [3.05, 3.63) is 35.6 Å². The Morgan fingerprint density at radius 2 is 2.08 bits per heavy atom. The van der Waals surface area contributed by atoms with Crippen molar-refractivity contribution in [1.82, 2.24) is 15.5 Å². The van der Waals surface area contributed by atoms with Gasteiger partial charge in [-0.25, -0.2) is 9.38 Å². The van der Waals surface area contributed by atoms with E-state index in [-0.39, 0.29) is 18.3 Å². The van der Waals surface area contributed by atoms with Gasteiger partial charge in [-0.1, -0.05) is 12.1 Å². The van der Waals surface area contributed by atoms with Gasteiger partial charge in [0.05, 0.1) is 6.61 Å². The molecular weight excluding hydrogens is 323 g/mol.